The van der Waals surface area contributed by atoms with Gasteiger partial charge in [0.1, 0.15) is 17.6 Å². The van der Waals surface area contributed by atoms with Gasteiger partial charge in [0.2, 0.25) is 0 Å². The lowest BCUT2D eigenvalue weighted by Crippen LogP contribution is -2.37. The van der Waals surface area contributed by atoms with Gasteiger partial charge in [0, 0.05) is 19.7 Å². The molecule has 1 fully saturated rings. The highest BCUT2D eigenvalue weighted by atomic mass is 16.6. The smallest absolute Gasteiger partial charge is 0.339 e. The minimum Gasteiger partial charge on any atom is -0.478 e. The molecule has 108 valence electrons. The van der Waals surface area contributed by atoms with Gasteiger partial charge in [0.15, 0.2) is 0 Å². The molecule has 0 atom stereocenters. The zero-order valence-electron chi connectivity index (χ0n) is 10.9. The van der Waals surface area contributed by atoms with Gasteiger partial charge in [-0.05, 0) is 18.8 Å². The van der Waals surface area contributed by atoms with Crippen LogP contribution in [0.4, 0.5) is 11.5 Å². The Kier molecular flexibility index (Phi) is 3.84. The first-order valence-electron chi connectivity index (χ1n) is 6.15. The van der Waals surface area contributed by atoms with Crippen LogP contribution >= 0.6 is 0 Å². The number of pyridine rings is 1. The number of nitrogens with zero attached hydrogens (tertiary/aromatic N) is 3. The van der Waals surface area contributed by atoms with E-state index >= 15 is 0 Å². The third-order valence-electron chi connectivity index (χ3n) is 3.40. The summed E-state index contributed by atoms with van der Waals surface area (Å²) in [7, 11) is 1.69. The first-order valence-corrected chi connectivity index (χ1v) is 6.15. The monoisotopic (exact) mass is 281 g/mol. The fourth-order valence-corrected chi connectivity index (χ4v) is 2.33. The maximum Gasteiger partial charge on any atom is 0.339 e. The molecule has 1 aliphatic rings. The van der Waals surface area contributed by atoms with Crippen molar-refractivity contribution in [3.63, 3.8) is 0 Å². The highest BCUT2D eigenvalue weighted by Crippen LogP contribution is 2.30. The number of carbonyl (C=O) groups is 1. The number of nitro groups is 1. The van der Waals surface area contributed by atoms with E-state index in [1.165, 1.54) is 0 Å². The first-order chi connectivity index (χ1) is 9.38. The molecular weight excluding hydrogens is 266 g/mol. The van der Waals surface area contributed by atoms with Crippen LogP contribution in [0.25, 0.3) is 0 Å². The Morgan fingerprint density at radius 1 is 1.60 bits per heavy atom. The number of hydrogen-bond donors (Lipinski definition) is 2. The van der Waals surface area contributed by atoms with Gasteiger partial charge in [0.25, 0.3) is 5.69 Å². The molecule has 0 bridgehead atoms. The first kappa shape index (κ1) is 14.2. The van der Waals surface area contributed by atoms with Gasteiger partial charge in [-0.3, -0.25) is 10.1 Å². The maximum atomic E-state index is 11.2. The second kappa shape index (κ2) is 5.41. The second-order valence-electron chi connectivity index (χ2n) is 5.00. The normalized spacial score (nSPS) is 21.1. The van der Waals surface area contributed by atoms with Crippen LogP contribution in [-0.4, -0.2) is 45.8 Å². The average molecular weight is 281 g/mol. The molecule has 0 unspecified atom stereocenters. The van der Waals surface area contributed by atoms with Crippen LogP contribution in [0.5, 0.6) is 0 Å². The van der Waals surface area contributed by atoms with Gasteiger partial charge >= 0.3 is 5.97 Å². The Morgan fingerprint density at radius 2 is 2.25 bits per heavy atom. The summed E-state index contributed by atoms with van der Waals surface area (Å²) in [4.78, 5) is 26.7. The van der Waals surface area contributed by atoms with E-state index in [1.54, 1.807) is 11.9 Å². The van der Waals surface area contributed by atoms with Gasteiger partial charge in [-0.2, -0.15) is 0 Å². The fourth-order valence-electron chi connectivity index (χ4n) is 2.33. The molecule has 1 aromatic rings. The van der Waals surface area contributed by atoms with E-state index < -0.39 is 10.9 Å². The quantitative estimate of drug-likeness (QED) is 0.608. The molecule has 0 radical (unpaired) electrons. The van der Waals surface area contributed by atoms with Crippen LogP contribution < -0.4 is 4.90 Å². The van der Waals surface area contributed by atoms with Crippen molar-refractivity contribution in [2.45, 2.75) is 18.9 Å². The number of anilines is 1. The Morgan fingerprint density at radius 3 is 2.75 bits per heavy atom. The number of aromatic nitrogens is 1. The Balaban J connectivity index is 2.21. The van der Waals surface area contributed by atoms with E-state index in [0.717, 1.165) is 12.3 Å². The second-order valence-corrected chi connectivity index (χ2v) is 5.00. The predicted octanol–water partition coefficient (Wildman–Crippen LogP) is 0.895. The van der Waals surface area contributed by atoms with Gasteiger partial charge in [-0.15, -0.1) is 0 Å². The molecule has 2 N–H and O–H groups in total. The molecule has 1 aliphatic carbocycles. The molecule has 20 heavy (non-hydrogen) atoms. The molecular formula is C12H15N3O5. The number of carboxylic acids is 1. The molecule has 0 aromatic carbocycles. The average Bonchev–Trinajstić information content (AvgIpc) is 2.35. The van der Waals surface area contributed by atoms with Gasteiger partial charge in [0.05, 0.1) is 11.0 Å². The van der Waals surface area contributed by atoms with Gasteiger partial charge in [-0.25, -0.2) is 9.78 Å². The number of aromatic carboxylic acids is 1. The van der Waals surface area contributed by atoms with Crippen LogP contribution in [0, 0.1) is 16.0 Å². The molecule has 1 heterocycles. The molecule has 8 heteroatoms. The van der Waals surface area contributed by atoms with E-state index in [9.17, 15) is 20.0 Å². The number of rotatable bonds is 5. The zero-order valence-corrected chi connectivity index (χ0v) is 10.9. The summed E-state index contributed by atoms with van der Waals surface area (Å²) in [5.74, 6) is -0.769. The third kappa shape index (κ3) is 2.85. The number of aliphatic hydroxyl groups is 1. The van der Waals surface area contributed by atoms with Crippen molar-refractivity contribution >= 4 is 17.5 Å². The Bertz CT molecular complexity index is 542. The van der Waals surface area contributed by atoms with E-state index in [-0.39, 0.29) is 29.1 Å². The summed E-state index contributed by atoms with van der Waals surface area (Å²) in [5.41, 5.74) is -0.541. The van der Waals surface area contributed by atoms with Gasteiger partial charge < -0.3 is 15.1 Å². The lowest BCUT2D eigenvalue weighted by molar-refractivity contribution is -0.385. The zero-order chi connectivity index (χ0) is 14.9. The number of hydrogen-bond acceptors (Lipinski definition) is 6. The van der Waals surface area contributed by atoms with E-state index in [1.807, 2.05) is 0 Å². The summed E-state index contributed by atoms with van der Waals surface area (Å²) in [6.07, 6.45) is 2.13. The SMILES string of the molecule is CN(CC1CC(O)C1)c1ncc([N+](=O)[O-])cc1C(=O)O. The Labute approximate surface area is 114 Å². The summed E-state index contributed by atoms with van der Waals surface area (Å²) in [5, 5.41) is 29.0. The summed E-state index contributed by atoms with van der Waals surface area (Å²) in [6, 6.07) is 1.01. The van der Waals surface area contributed by atoms with Crippen molar-refractivity contribution in [1.29, 1.82) is 0 Å². The van der Waals surface area contributed by atoms with Crippen molar-refractivity contribution in [1.82, 2.24) is 4.98 Å². The third-order valence-corrected chi connectivity index (χ3v) is 3.40. The highest BCUT2D eigenvalue weighted by molar-refractivity contribution is 5.94. The molecule has 0 aliphatic heterocycles. The molecule has 0 saturated heterocycles. The fraction of sp³-hybridized carbons (Fsp3) is 0.500. The topological polar surface area (TPSA) is 117 Å². The minimum atomic E-state index is -1.25. The van der Waals surface area contributed by atoms with Crippen molar-refractivity contribution in [3.05, 3.63) is 27.9 Å². The van der Waals surface area contributed by atoms with Crippen LogP contribution in [0.15, 0.2) is 12.3 Å². The minimum absolute atomic E-state index is 0.193. The number of carboxylic acid groups (broad SMARTS) is 1. The summed E-state index contributed by atoms with van der Waals surface area (Å²) in [6.45, 7) is 0.558. The lowest BCUT2D eigenvalue weighted by atomic mass is 9.82. The van der Waals surface area contributed by atoms with Crippen LogP contribution in [0.1, 0.15) is 23.2 Å². The molecule has 1 saturated carbocycles. The summed E-state index contributed by atoms with van der Waals surface area (Å²) < 4.78 is 0. The van der Waals surface area contributed by atoms with E-state index in [0.29, 0.717) is 19.4 Å². The van der Waals surface area contributed by atoms with E-state index in [2.05, 4.69) is 4.98 Å². The van der Waals surface area contributed by atoms with Crippen molar-refractivity contribution in [3.8, 4) is 0 Å². The highest BCUT2D eigenvalue weighted by Gasteiger charge is 2.29. The largest absolute Gasteiger partial charge is 0.478 e. The maximum absolute atomic E-state index is 11.2. The molecule has 0 spiro atoms. The van der Waals surface area contributed by atoms with Crippen LogP contribution in [0.2, 0.25) is 0 Å². The lowest BCUT2D eigenvalue weighted by Gasteiger charge is -2.35. The van der Waals surface area contributed by atoms with Crippen molar-refractivity contribution in [2.75, 3.05) is 18.5 Å². The standard InChI is InChI=1S/C12H15N3O5/c1-14(6-7-2-9(16)3-7)11-10(12(17)18)4-8(5-13-11)15(19)20/h4-5,7,9,16H,2-3,6H2,1H3,(H,17,18). The van der Waals surface area contributed by atoms with Crippen molar-refractivity contribution < 1.29 is 19.9 Å². The molecule has 2 rings (SSSR count). The van der Waals surface area contributed by atoms with E-state index in [4.69, 9.17) is 5.11 Å². The molecule has 0 amide bonds. The molecule has 1 aromatic heterocycles. The van der Waals surface area contributed by atoms with Crippen LogP contribution in [0.3, 0.4) is 0 Å². The Hall–Kier alpha value is -2.22. The van der Waals surface area contributed by atoms with Gasteiger partial charge in [-0.1, -0.05) is 0 Å². The molecule has 8 nitrogen and oxygen atoms in total. The van der Waals surface area contributed by atoms with Crippen molar-refractivity contribution in [2.24, 2.45) is 5.92 Å². The van der Waals surface area contributed by atoms with Crippen LogP contribution in [-0.2, 0) is 0 Å². The predicted molar refractivity (Wildman–Crippen MR) is 69.9 cm³/mol. The number of aliphatic hydroxyl groups excluding tert-OH is 1. The summed E-state index contributed by atoms with van der Waals surface area (Å²) >= 11 is 0.